The Morgan fingerprint density at radius 2 is 2.07 bits per heavy atom. The zero-order chi connectivity index (χ0) is 10.7. The molecule has 0 bridgehead atoms. The maximum Gasteiger partial charge on any atom is 0.153 e. The Bertz CT molecular complexity index is 345. The van der Waals surface area contributed by atoms with E-state index in [-0.39, 0.29) is 11.7 Å². The van der Waals surface area contributed by atoms with Crippen LogP contribution >= 0.6 is 0 Å². The largest absolute Gasteiger partial charge is 0.491 e. The van der Waals surface area contributed by atoms with E-state index in [1.54, 1.807) is 13.0 Å². The van der Waals surface area contributed by atoms with Crippen LogP contribution in [0.15, 0.2) is 12.1 Å². The molecule has 14 heavy (non-hydrogen) atoms. The second-order valence-corrected chi connectivity index (χ2v) is 3.43. The summed E-state index contributed by atoms with van der Waals surface area (Å²) < 4.78 is 18.6. The molecule has 0 saturated heterocycles. The molecule has 76 valence electrons. The third kappa shape index (κ3) is 2.31. The second kappa shape index (κ2) is 4.22. The highest BCUT2D eigenvalue weighted by Crippen LogP contribution is 2.20. The first-order chi connectivity index (χ1) is 6.54. The number of aldehydes is 1. The van der Waals surface area contributed by atoms with Crippen molar-refractivity contribution >= 4 is 6.29 Å². The lowest BCUT2D eigenvalue weighted by molar-refractivity contribution is 0.111. The van der Waals surface area contributed by atoms with Crippen molar-refractivity contribution in [2.45, 2.75) is 26.9 Å². The minimum absolute atomic E-state index is 0.0133. The van der Waals surface area contributed by atoms with Crippen LogP contribution in [-0.2, 0) is 0 Å². The molecule has 0 heterocycles. The number of ether oxygens (including phenoxy) is 1. The molecule has 0 spiro atoms. The summed E-state index contributed by atoms with van der Waals surface area (Å²) in [5, 5.41) is 0. The molecule has 0 N–H and O–H groups in total. The van der Waals surface area contributed by atoms with Crippen molar-refractivity contribution in [3.63, 3.8) is 0 Å². The summed E-state index contributed by atoms with van der Waals surface area (Å²) in [6.07, 6.45) is 0.509. The molecule has 0 fully saturated rings. The predicted octanol–water partition coefficient (Wildman–Crippen LogP) is 2.73. The third-order valence-corrected chi connectivity index (χ3v) is 1.75. The van der Waals surface area contributed by atoms with Crippen molar-refractivity contribution in [3.8, 4) is 5.75 Å². The van der Waals surface area contributed by atoms with E-state index in [1.807, 2.05) is 13.8 Å². The van der Waals surface area contributed by atoms with Gasteiger partial charge in [0.05, 0.1) is 11.7 Å². The Morgan fingerprint density at radius 3 is 2.57 bits per heavy atom. The Morgan fingerprint density at radius 1 is 1.43 bits per heavy atom. The highest BCUT2D eigenvalue weighted by Gasteiger charge is 2.08. The fourth-order valence-electron chi connectivity index (χ4n) is 1.19. The van der Waals surface area contributed by atoms with Gasteiger partial charge in [-0.3, -0.25) is 4.79 Å². The lowest BCUT2D eigenvalue weighted by atomic mass is 10.1. The van der Waals surface area contributed by atoms with Crippen LogP contribution in [0.3, 0.4) is 0 Å². The monoisotopic (exact) mass is 196 g/mol. The number of rotatable bonds is 3. The SMILES string of the molecule is Cc1cc(OC(C)C)cc(C=O)c1F. The fourth-order valence-corrected chi connectivity index (χ4v) is 1.19. The van der Waals surface area contributed by atoms with Gasteiger partial charge in [-0.25, -0.2) is 4.39 Å². The zero-order valence-corrected chi connectivity index (χ0v) is 8.50. The number of carbonyl (C=O) groups is 1. The van der Waals surface area contributed by atoms with Crippen molar-refractivity contribution in [2.24, 2.45) is 0 Å². The summed E-state index contributed by atoms with van der Waals surface area (Å²) in [6, 6.07) is 3.00. The highest BCUT2D eigenvalue weighted by atomic mass is 19.1. The smallest absolute Gasteiger partial charge is 0.153 e. The molecule has 2 nitrogen and oxygen atoms in total. The van der Waals surface area contributed by atoms with Crippen LogP contribution in [0.5, 0.6) is 5.75 Å². The first kappa shape index (κ1) is 10.7. The summed E-state index contributed by atoms with van der Waals surface area (Å²) >= 11 is 0. The molecule has 0 radical (unpaired) electrons. The van der Waals surface area contributed by atoms with Crippen molar-refractivity contribution in [3.05, 3.63) is 29.1 Å². The van der Waals surface area contributed by atoms with Gasteiger partial charge in [-0.05, 0) is 38.5 Å². The summed E-state index contributed by atoms with van der Waals surface area (Å²) in [5.74, 6) is 0.0529. The lowest BCUT2D eigenvalue weighted by Crippen LogP contribution is -2.06. The molecule has 0 aliphatic carbocycles. The van der Waals surface area contributed by atoms with E-state index in [1.165, 1.54) is 6.07 Å². The number of aryl methyl sites for hydroxylation is 1. The average Bonchev–Trinajstić information content (AvgIpc) is 2.10. The van der Waals surface area contributed by atoms with E-state index in [2.05, 4.69) is 0 Å². The number of carbonyl (C=O) groups excluding carboxylic acids is 1. The predicted molar refractivity (Wildman–Crippen MR) is 52.3 cm³/mol. The molecule has 1 aromatic carbocycles. The molecular weight excluding hydrogens is 183 g/mol. The van der Waals surface area contributed by atoms with Gasteiger partial charge in [0.2, 0.25) is 0 Å². The maximum absolute atomic E-state index is 13.2. The van der Waals surface area contributed by atoms with Gasteiger partial charge in [0.1, 0.15) is 11.6 Å². The molecule has 0 atom stereocenters. The van der Waals surface area contributed by atoms with Gasteiger partial charge < -0.3 is 4.74 Å². The Balaban J connectivity index is 3.09. The lowest BCUT2D eigenvalue weighted by Gasteiger charge is -2.11. The van der Waals surface area contributed by atoms with Crippen molar-refractivity contribution in [1.29, 1.82) is 0 Å². The number of hydrogen-bond donors (Lipinski definition) is 0. The number of halogens is 1. The van der Waals surface area contributed by atoms with Crippen LogP contribution in [0.4, 0.5) is 4.39 Å². The van der Waals surface area contributed by atoms with Gasteiger partial charge in [0.25, 0.3) is 0 Å². The highest BCUT2D eigenvalue weighted by molar-refractivity contribution is 5.76. The molecule has 3 heteroatoms. The zero-order valence-electron chi connectivity index (χ0n) is 8.50. The molecule has 0 saturated carbocycles. The fraction of sp³-hybridized carbons (Fsp3) is 0.364. The van der Waals surface area contributed by atoms with Crippen LogP contribution in [0, 0.1) is 12.7 Å². The molecule has 0 aliphatic heterocycles. The molecule has 0 unspecified atom stereocenters. The van der Waals surface area contributed by atoms with Gasteiger partial charge in [0.15, 0.2) is 6.29 Å². The van der Waals surface area contributed by atoms with E-state index in [4.69, 9.17) is 4.74 Å². The summed E-state index contributed by atoms with van der Waals surface area (Å²) in [5.41, 5.74) is 0.464. The summed E-state index contributed by atoms with van der Waals surface area (Å²) in [7, 11) is 0. The number of benzene rings is 1. The maximum atomic E-state index is 13.2. The van der Waals surface area contributed by atoms with Crippen LogP contribution in [0.25, 0.3) is 0 Å². The van der Waals surface area contributed by atoms with Gasteiger partial charge in [-0.15, -0.1) is 0 Å². The normalized spacial score (nSPS) is 10.4. The number of hydrogen-bond acceptors (Lipinski definition) is 2. The summed E-state index contributed by atoms with van der Waals surface area (Å²) in [4.78, 5) is 10.5. The molecule has 1 aromatic rings. The van der Waals surface area contributed by atoms with Gasteiger partial charge in [-0.2, -0.15) is 0 Å². The van der Waals surface area contributed by atoms with Gasteiger partial charge >= 0.3 is 0 Å². The van der Waals surface area contributed by atoms with Crippen LogP contribution in [0.2, 0.25) is 0 Å². The minimum Gasteiger partial charge on any atom is -0.491 e. The first-order valence-corrected chi connectivity index (χ1v) is 4.46. The quantitative estimate of drug-likeness (QED) is 0.695. The first-order valence-electron chi connectivity index (χ1n) is 4.46. The molecule has 0 amide bonds. The molecular formula is C11H13FO2. The standard InChI is InChI=1S/C11H13FO2/c1-7(2)14-10-4-8(3)11(12)9(5-10)6-13/h4-7H,1-3H3. The van der Waals surface area contributed by atoms with E-state index < -0.39 is 5.82 Å². The van der Waals surface area contributed by atoms with Crippen LogP contribution in [0.1, 0.15) is 29.8 Å². The average molecular weight is 196 g/mol. The minimum atomic E-state index is -0.476. The Hall–Kier alpha value is -1.38. The van der Waals surface area contributed by atoms with Crippen LogP contribution in [-0.4, -0.2) is 12.4 Å². The van der Waals surface area contributed by atoms with Crippen molar-refractivity contribution < 1.29 is 13.9 Å². The van der Waals surface area contributed by atoms with E-state index in [0.717, 1.165) is 0 Å². The summed E-state index contributed by atoms with van der Waals surface area (Å²) in [6.45, 7) is 5.36. The Labute approximate surface area is 82.7 Å². The van der Waals surface area contributed by atoms with E-state index >= 15 is 0 Å². The van der Waals surface area contributed by atoms with E-state index in [9.17, 15) is 9.18 Å². The molecule has 1 rings (SSSR count). The van der Waals surface area contributed by atoms with Gasteiger partial charge in [-0.1, -0.05) is 0 Å². The van der Waals surface area contributed by atoms with Crippen molar-refractivity contribution in [2.75, 3.05) is 0 Å². The molecule has 0 aromatic heterocycles. The Kier molecular flexibility index (Phi) is 3.23. The van der Waals surface area contributed by atoms with Crippen molar-refractivity contribution in [1.82, 2.24) is 0 Å². The third-order valence-electron chi connectivity index (χ3n) is 1.75. The second-order valence-electron chi connectivity index (χ2n) is 3.43. The topological polar surface area (TPSA) is 26.3 Å². The van der Waals surface area contributed by atoms with Gasteiger partial charge in [0, 0.05) is 0 Å². The van der Waals surface area contributed by atoms with E-state index in [0.29, 0.717) is 17.6 Å². The molecule has 0 aliphatic rings. The van der Waals surface area contributed by atoms with Crippen LogP contribution < -0.4 is 4.74 Å².